The largest absolute Gasteiger partial charge is 0.497 e. The second kappa shape index (κ2) is 7.08. The second-order valence-electron chi connectivity index (χ2n) is 7.51. The highest BCUT2D eigenvalue weighted by Gasteiger charge is 2.53. The molecule has 146 valence electrons. The molecule has 1 aromatic rings. The topological polar surface area (TPSA) is 54.0 Å². The lowest BCUT2D eigenvalue weighted by Crippen LogP contribution is -2.46. The van der Waals surface area contributed by atoms with Crippen LogP contribution in [0.3, 0.4) is 0 Å². The van der Waals surface area contributed by atoms with Gasteiger partial charge in [0.05, 0.1) is 26.3 Å². The molecule has 6 heteroatoms. The van der Waals surface area contributed by atoms with Gasteiger partial charge in [0.15, 0.2) is 0 Å². The van der Waals surface area contributed by atoms with Gasteiger partial charge in [0, 0.05) is 23.9 Å². The van der Waals surface area contributed by atoms with Crippen molar-refractivity contribution in [2.45, 2.75) is 44.7 Å². The van der Waals surface area contributed by atoms with Gasteiger partial charge in [-0.05, 0) is 57.3 Å². The smallest absolute Gasteiger partial charge is 0.325 e. The summed E-state index contributed by atoms with van der Waals surface area (Å²) >= 11 is 0. The van der Waals surface area contributed by atoms with Crippen LogP contribution in [-0.2, 0) is 13.0 Å². The van der Waals surface area contributed by atoms with Crippen LogP contribution in [0.1, 0.15) is 37.3 Å². The van der Waals surface area contributed by atoms with Gasteiger partial charge in [-0.3, -0.25) is 4.90 Å². The average Bonchev–Trinajstić information content (AvgIpc) is 2.93. The average molecular weight is 371 g/mol. The van der Waals surface area contributed by atoms with Gasteiger partial charge >= 0.3 is 6.03 Å². The maximum atomic E-state index is 13.4. The number of hydrogen-bond acceptors (Lipinski definition) is 4. The Morgan fingerprint density at radius 1 is 1.19 bits per heavy atom. The molecule has 0 saturated carbocycles. The molecule has 6 nitrogen and oxygen atoms in total. The zero-order chi connectivity index (χ0) is 19.0. The minimum absolute atomic E-state index is 0.125. The number of methoxy groups -OCH3 is 2. The van der Waals surface area contributed by atoms with Gasteiger partial charge in [-0.25, -0.2) is 4.79 Å². The summed E-state index contributed by atoms with van der Waals surface area (Å²) in [5, 5.41) is 3.50. The zero-order valence-corrected chi connectivity index (χ0v) is 16.5. The molecule has 0 radical (unpaired) electrons. The molecule has 2 saturated heterocycles. The number of likely N-dealkylation sites (N-methyl/N-ethyl adjacent to an activating group) is 1. The molecule has 3 aliphatic heterocycles. The van der Waals surface area contributed by atoms with Crippen molar-refractivity contribution in [3.8, 4) is 11.5 Å². The monoisotopic (exact) mass is 371 g/mol. The van der Waals surface area contributed by atoms with Gasteiger partial charge in [-0.15, -0.1) is 0 Å². The lowest BCUT2D eigenvalue weighted by molar-refractivity contribution is 0.155. The summed E-state index contributed by atoms with van der Waals surface area (Å²) < 4.78 is 11.1. The van der Waals surface area contributed by atoms with Gasteiger partial charge in [0.25, 0.3) is 0 Å². The first-order chi connectivity index (χ1) is 13.1. The first-order valence-electron chi connectivity index (χ1n) is 9.89. The van der Waals surface area contributed by atoms with E-state index >= 15 is 0 Å². The van der Waals surface area contributed by atoms with Crippen molar-refractivity contribution in [1.82, 2.24) is 15.1 Å². The van der Waals surface area contributed by atoms with E-state index in [1.165, 1.54) is 5.70 Å². The Labute approximate surface area is 161 Å². The summed E-state index contributed by atoms with van der Waals surface area (Å²) in [5.74, 6) is 1.60. The fraction of sp³-hybridized carbons (Fsp3) is 0.571. The number of allylic oxidation sites excluding steroid dienone is 1. The van der Waals surface area contributed by atoms with Crippen LogP contribution in [0.15, 0.2) is 23.9 Å². The van der Waals surface area contributed by atoms with E-state index in [1.54, 1.807) is 14.2 Å². The fourth-order valence-electron chi connectivity index (χ4n) is 5.01. The third-order valence-corrected chi connectivity index (χ3v) is 6.28. The van der Waals surface area contributed by atoms with Crippen LogP contribution in [-0.4, -0.2) is 55.2 Å². The van der Waals surface area contributed by atoms with Gasteiger partial charge < -0.3 is 19.7 Å². The van der Waals surface area contributed by atoms with Crippen LogP contribution in [0.5, 0.6) is 11.5 Å². The number of fused-ring (bicyclic) bond motifs is 3. The molecule has 0 bridgehead atoms. The fourth-order valence-corrected chi connectivity index (χ4v) is 5.01. The van der Waals surface area contributed by atoms with Gasteiger partial charge in [0.1, 0.15) is 11.5 Å². The Morgan fingerprint density at radius 3 is 2.78 bits per heavy atom. The van der Waals surface area contributed by atoms with E-state index in [0.29, 0.717) is 6.54 Å². The molecule has 1 unspecified atom stereocenters. The Bertz CT molecular complexity index is 766. The standard InChI is InChI=1S/C21H29N3O3/c1-4-24-20(25)23-14-15-12-16(26-2)13-18(27-3)17(15)6-7-19(23)21(24)8-5-10-22-11-9-21/h7,12-13,22H,4-6,8-11,14H2,1-3H3. The van der Waals surface area contributed by atoms with Crippen LogP contribution in [0, 0.1) is 0 Å². The SMILES string of the molecule is CCN1C(=O)N2Cc3cc(OC)cc(OC)c3CC=C2C12CCCNCC2. The molecule has 27 heavy (non-hydrogen) atoms. The Kier molecular flexibility index (Phi) is 4.76. The minimum atomic E-state index is -0.186. The quantitative estimate of drug-likeness (QED) is 0.888. The van der Waals surface area contributed by atoms with E-state index < -0.39 is 0 Å². The third kappa shape index (κ3) is 2.78. The normalized spacial score (nSPS) is 24.9. The summed E-state index contributed by atoms with van der Waals surface area (Å²) in [4.78, 5) is 17.4. The summed E-state index contributed by atoms with van der Waals surface area (Å²) in [7, 11) is 3.35. The van der Waals surface area contributed by atoms with Crippen molar-refractivity contribution in [3.63, 3.8) is 0 Å². The van der Waals surface area contributed by atoms with Crippen LogP contribution in [0.4, 0.5) is 4.79 Å². The van der Waals surface area contributed by atoms with Crippen molar-refractivity contribution >= 4 is 6.03 Å². The molecule has 0 aliphatic carbocycles. The van der Waals surface area contributed by atoms with Crippen molar-refractivity contribution in [1.29, 1.82) is 0 Å². The van der Waals surface area contributed by atoms with Gasteiger partial charge in [-0.2, -0.15) is 0 Å². The first kappa shape index (κ1) is 18.2. The maximum Gasteiger partial charge on any atom is 0.325 e. The molecule has 1 atom stereocenters. The van der Waals surface area contributed by atoms with Crippen LogP contribution in [0.25, 0.3) is 0 Å². The number of amides is 2. The maximum absolute atomic E-state index is 13.4. The van der Waals surface area contributed by atoms with E-state index in [0.717, 1.165) is 67.9 Å². The molecular weight excluding hydrogens is 342 g/mol. The van der Waals surface area contributed by atoms with Crippen molar-refractivity contribution < 1.29 is 14.3 Å². The molecule has 2 amide bonds. The number of benzene rings is 1. The van der Waals surface area contributed by atoms with E-state index in [9.17, 15) is 4.79 Å². The highest BCUT2D eigenvalue weighted by atomic mass is 16.5. The molecule has 2 fully saturated rings. The number of nitrogens with zero attached hydrogens (tertiary/aromatic N) is 2. The molecule has 0 aromatic heterocycles. The Balaban J connectivity index is 1.80. The molecule has 3 aliphatic rings. The van der Waals surface area contributed by atoms with E-state index in [4.69, 9.17) is 9.47 Å². The number of hydrogen-bond donors (Lipinski definition) is 1. The predicted molar refractivity (Wildman–Crippen MR) is 104 cm³/mol. The Hall–Kier alpha value is -2.21. The number of nitrogens with one attached hydrogen (secondary N) is 1. The first-order valence-corrected chi connectivity index (χ1v) is 9.89. The van der Waals surface area contributed by atoms with Crippen LogP contribution < -0.4 is 14.8 Å². The van der Waals surface area contributed by atoms with Crippen molar-refractivity contribution in [3.05, 3.63) is 35.0 Å². The summed E-state index contributed by atoms with van der Waals surface area (Å²) in [5.41, 5.74) is 3.24. The summed E-state index contributed by atoms with van der Waals surface area (Å²) in [6.45, 7) is 5.36. The van der Waals surface area contributed by atoms with Crippen LogP contribution >= 0.6 is 0 Å². The number of carbonyl (C=O) groups excluding carboxylic acids is 1. The molecule has 1 aromatic carbocycles. The van der Waals surface area contributed by atoms with Gasteiger partial charge in [-0.1, -0.05) is 6.08 Å². The lowest BCUT2D eigenvalue weighted by atomic mass is 9.85. The molecule has 1 spiro atoms. The molecule has 4 rings (SSSR count). The highest BCUT2D eigenvalue weighted by Crippen LogP contribution is 2.46. The highest BCUT2D eigenvalue weighted by molar-refractivity contribution is 5.83. The lowest BCUT2D eigenvalue weighted by Gasteiger charge is -2.36. The minimum Gasteiger partial charge on any atom is -0.497 e. The molecule has 3 heterocycles. The summed E-state index contributed by atoms with van der Waals surface area (Å²) in [6.07, 6.45) is 6.09. The number of carbonyl (C=O) groups is 1. The zero-order valence-electron chi connectivity index (χ0n) is 16.5. The number of ether oxygens (including phenoxy) is 2. The predicted octanol–water partition coefficient (Wildman–Crippen LogP) is 2.91. The third-order valence-electron chi connectivity index (χ3n) is 6.28. The van der Waals surface area contributed by atoms with E-state index in [1.807, 2.05) is 17.0 Å². The Morgan fingerprint density at radius 2 is 2.04 bits per heavy atom. The molecular formula is C21H29N3O3. The number of urea groups is 1. The summed E-state index contributed by atoms with van der Waals surface area (Å²) in [6, 6.07) is 4.09. The van der Waals surface area contributed by atoms with E-state index in [2.05, 4.69) is 23.2 Å². The van der Waals surface area contributed by atoms with Crippen LogP contribution in [0.2, 0.25) is 0 Å². The van der Waals surface area contributed by atoms with Crippen molar-refractivity contribution in [2.75, 3.05) is 33.9 Å². The van der Waals surface area contributed by atoms with Gasteiger partial charge in [0.2, 0.25) is 0 Å². The number of rotatable bonds is 3. The molecule has 1 N–H and O–H groups in total. The van der Waals surface area contributed by atoms with Crippen molar-refractivity contribution in [2.24, 2.45) is 0 Å². The second-order valence-corrected chi connectivity index (χ2v) is 7.51. The van der Waals surface area contributed by atoms with E-state index in [-0.39, 0.29) is 11.6 Å².